The maximum Gasteiger partial charge on any atom is 0.251 e. The van der Waals surface area contributed by atoms with Gasteiger partial charge in [-0.05, 0) is 54.9 Å². The van der Waals surface area contributed by atoms with Crippen LogP contribution in [-0.2, 0) is 12.2 Å². The second-order valence-corrected chi connectivity index (χ2v) is 10.4. The summed E-state index contributed by atoms with van der Waals surface area (Å²) in [4.78, 5) is 23.7. The number of carbonyl (C=O) groups excluding carboxylic acids is 1. The van der Waals surface area contributed by atoms with Crippen molar-refractivity contribution in [1.82, 2.24) is 15.3 Å². The van der Waals surface area contributed by atoms with Crippen molar-refractivity contribution >= 4 is 35.1 Å². The normalized spacial score (nSPS) is 14.2. The molecule has 2 heterocycles. The predicted molar refractivity (Wildman–Crippen MR) is 145 cm³/mol. The number of anilines is 1. The fraction of sp³-hybridized carbons (Fsp3) is 0.393. The molecule has 1 fully saturated rings. The van der Waals surface area contributed by atoms with Crippen LogP contribution in [0.5, 0.6) is 0 Å². The van der Waals surface area contributed by atoms with Gasteiger partial charge >= 0.3 is 0 Å². The third kappa shape index (κ3) is 7.71. The monoisotopic (exact) mass is 508 g/mol. The van der Waals surface area contributed by atoms with E-state index in [1.54, 1.807) is 11.8 Å². The average Bonchev–Trinajstić information content (AvgIpc) is 2.88. The van der Waals surface area contributed by atoms with E-state index in [9.17, 15) is 4.79 Å². The Hall–Kier alpha value is -2.57. The standard InChI is InChI=1S/C28H33ClN4OS/c1-2-3-15-30-27(34)24-11-9-23(10-12-24)20-35-28-31-25(29)19-26(32-28)33-16-13-22(14-17-33)18-21-7-5-4-6-8-21/h4-12,19,22H,2-3,13-18,20H2,1H3,(H,30,34). The van der Waals surface area contributed by atoms with Gasteiger partial charge in [0, 0.05) is 37.0 Å². The van der Waals surface area contributed by atoms with E-state index in [-0.39, 0.29) is 5.91 Å². The summed E-state index contributed by atoms with van der Waals surface area (Å²) in [6, 6.07) is 20.3. The maximum atomic E-state index is 12.2. The number of hydrogen-bond donors (Lipinski definition) is 1. The van der Waals surface area contributed by atoms with Crippen molar-refractivity contribution in [2.24, 2.45) is 5.92 Å². The van der Waals surface area contributed by atoms with E-state index in [4.69, 9.17) is 16.6 Å². The second-order valence-electron chi connectivity index (χ2n) is 9.05. The number of unbranched alkanes of at least 4 members (excludes halogenated alkanes) is 1. The van der Waals surface area contributed by atoms with Crippen molar-refractivity contribution in [2.75, 3.05) is 24.5 Å². The number of aromatic nitrogens is 2. The van der Waals surface area contributed by atoms with Crippen molar-refractivity contribution < 1.29 is 4.79 Å². The number of carbonyl (C=O) groups is 1. The minimum Gasteiger partial charge on any atom is -0.356 e. The molecule has 0 spiro atoms. The molecule has 1 amide bonds. The molecule has 1 saturated heterocycles. The number of halogens is 1. The molecule has 1 aliphatic rings. The quantitative estimate of drug-likeness (QED) is 0.148. The van der Waals surface area contributed by atoms with E-state index in [2.05, 4.69) is 52.5 Å². The zero-order valence-corrected chi connectivity index (χ0v) is 21.8. The van der Waals surface area contributed by atoms with Crippen LogP contribution in [0.4, 0.5) is 5.82 Å². The molecule has 1 N–H and O–H groups in total. The van der Waals surface area contributed by atoms with Gasteiger partial charge in [0.1, 0.15) is 11.0 Å². The summed E-state index contributed by atoms with van der Waals surface area (Å²) in [6.45, 7) is 4.79. The van der Waals surface area contributed by atoms with Gasteiger partial charge in [-0.1, -0.05) is 79.2 Å². The van der Waals surface area contributed by atoms with Gasteiger partial charge in [-0.2, -0.15) is 0 Å². The fourth-order valence-corrected chi connectivity index (χ4v) is 5.34. The van der Waals surface area contributed by atoms with Crippen LogP contribution in [0.1, 0.15) is 54.1 Å². The van der Waals surface area contributed by atoms with Crippen molar-refractivity contribution in [3.05, 3.63) is 82.5 Å². The van der Waals surface area contributed by atoms with Crippen LogP contribution >= 0.6 is 23.4 Å². The molecule has 1 aliphatic heterocycles. The number of hydrogen-bond acceptors (Lipinski definition) is 5. The Morgan fingerprint density at radius 3 is 2.51 bits per heavy atom. The minimum absolute atomic E-state index is 0.0204. The molecular formula is C28H33ClN4OS. The van der Waals surface area contributed by atoms with Crippen molar-refractivity contribution in [3.63, 3.8) is 0 Å². The van der Waals surface area contributed by atoms with Crippen LogP contribution in [0, 0.1) is 5.92 Å². The molecule has 7 heteroatoms. The smallest absolute Gasteiger partial charge is 0.251 e. The Morgan fingerprint density at radius 1 is 1.06 bits per heavy atom. The Labute approximate surface area is 217 Å². The molecular weight excluding hydrogens is 476 g/mol. The molecule has 0 radical (unpaired) electrons. The topological polar surface area (TPSA) is 58.1 Å². The van der Waals surface area contributed by atoms with Gasteiger partial charge in [0.15, 0.2) is 5.16 Å². The third-order valence-electron chi connectivity index (χ3n) is 6.37. The second kappa shape index (κ2) is 12.9. The highest BCUT2D eigenvalue weighted by Gasteiger charge is 2.21. The first-order valence-corrected chi connectivity index (χ1v) is 13.8. The SMILES string of the molecule is CCCCNC(=O)c1ccc(CSc2nc(Cl)cc(N3CCC(Cc4ccccc4)CC3)n2)cc1. The Balaban J connectivity index is 1.30. The highest BCUT2D eigenvalue weighted by atomic mass is 35.5. The van der Waals surface area contributed by atoms with Gasteiger partial charge in [0.2, 0.25) is 0 Å². The zero-order chi connectivity index (χ0) is 24.5. The highest BCUT2D eigenvalue weighted by Crippen LogP contribution is 2.28. The lowest BCUT2D eigenvalue weighted by atomic mass is 9.90. The van der Waals surface area contributed by atoms with Crippen LogP contribution in [0.3, 0.4) is 0 Å². The molecule has 0 saturated carbocycles. The zero-order valence-electron chi connectivity index (χ0n) is 20.3. The molecule has 5 nitrogen and oxygen atoms in total. The maximum absolute atomic E-state index is 12.2. The van der Waals surface area contributed by atoms with E-state index in [0.717, 1.165) is 62.3 Å². The molecule has 3 aromatic rings. The summed E-state index contributed by atoms with van der Waals surface area (Å²) in [5.74, 6) is 2.31. The van der Waals surface area contributed by atoms with Gasteiger partial charge in [-0.3, -0.25) is 4.79 Å². The molecule has 0 unspecified atom stereocenters. The van der Waals surface area contributed by atoms with Gasteiger partial charge in [-0.15, -0.1) is 0 Å². The highest BCUT2D eigenvalue weighted by molar-refractivity contribution is 7.98. The number of thioether (sulfide) groups is 1. The summed E-state index contributed by atoms with van der Waals surface area (Å²) in [6.07, 6.45) is 5.50. The molecule has 35 heavy (non-hydrogen) atoms. The number of benzene rings is 2. The molecule has 1 aromatic heterocycles. The van der Waals surface area contributed by atoms with E-state index >= 15 is 0 Å². The van der Waals surface area contributed by atoms with Crippen LogP contribution in [0.2, 0.25) is 5.15 Å². The van der Waals surface area contributed by atoms with Crippen LogP contribution < -0.4 is 10.2 Å². The number of piperidine rings is 1. The van der Waals surface area contributed by atoms with Crippen LogP contribution in [0.25, 0.3) is 0 Å². The summed E-state index contributed by atoms with van der Waals surface area (Å²) in [5.41, 5.74) is 3.22. The van der Waals surface area contributed by atoms with Gasteiger partial charge in [0.25, 0.3) is 5.91 Å². The Morgan fingerprint density at radius 2 is 1.80 bits per heavy atom. The van der Waals surface area contributed by atoms with Crippen LogP contribution in [-0.4, -0.2) is 35.5 Å². The van der Waals surface area contributed by atoms with Crippen molar-refractivity contribution in [2.45, 2.75) is 49.9 Å². The summed E-state index contributed by atoms with van der Waals surface area (Å²) in [7, 11) is 0. The lowest BCUT2D eigenvalue weighted by Crippen LogP contribution is -2.35. The van der Waals surface area contributed by atoms with Crippen LogP contribution in [0.15, 0.2) is 65.8 Å². The lowest BCUT2D eigenvalue weighted by molar-refractivity contribution is 0.0953. The predicted octanol–water partition coefficient (Wildman–Crippen LogP) is 6.41. The number of rotatable bonds is 10. The number of nitrogens with one attached hydrogen (secondary N) is 1. The van der Waals surface area contributed by atoms with Gasteiger partial charge in [0.05, 0.1) is 0 Å². The Bertz CT molecular complexity index is 1090. The summed E-state index contributed by atoms with van der Waals surface area (Å²) >= 11 is 7.92. The number of nitrogens with zero attached hydrogens (tertiary/aromatic N) is 3. The molecule has 0 atom stereocenters. The van der Waals surface area contributed by atoms with Gasteiger partial charge < -0.3 is 10.2 Å². The van der Waals surface area contributed by atoms with Gasteiger partial charge in [-0.25, -0.2) is 9.97 Å². The number of amides is 1. The van der Waals surface area contributed by atoms with E-state index in [1.807, 2.05) is 30.3 Å². The average molecular weight is 509 g/mol. The minimum atomic E-state index is -0.0204. The summed E-state index contributed by atoms with van der Waals surface area (Å²) < 4.78 is 0. The fourth-order valence-electron chi connectivity index (χ4n) is 4.31. The molecule has 2 aromatic carbocycles. The first-order chi connectivity index (χ1) is 17.1. The van der Waals surface area contributed by atoms with Crippen molar-refractivity contribution in [1.29, 1.82) is 0 Å². The molecule has 0 aliphatic carbocycles. The Kier molecular flexibility index (Phi) is 9.43. The first kappa shape index (κ1) is 25.5. The van der Waals surface area contributed by atoms with E-state index < -0.39 is 0 Å². The first-order valence-electron chi connectivity index (χ1n) is 12.4. The van der Waals surface area contributed by atoms with Crippen molar-refractivity contribution in [3.8, 4) is 0 Å². The summed E-state index contributed by atoms with van der Waals surface area (Å²) in [5, 5.41) is 4.11. The lowest BCUT2D eigenvalue weighted by Gasteiger charge is -2.33. The third-order valence-corrected chi connectivity index (χ3v) is 7.48. The van der Waals surface area contributed by atoms with E-state index in [1.165, 1.54) is 5.56 Å². The molecule has 0 bridgehead atoms. The van der Waals surface area contributed by atoms with E-state index in [0.29, 0.717) is 28.3 Å². The molecule has 4 rings (SSSR count). The largest absolute Gasteiger partial charge is 0.356 e. The molecule has 184 valence electrons.